The molecule has 0 fully saturated rings. The highest BCUT2D eigenvalue weighted by molar-refractivity contribution is 14.0. The Labute approximate surface area is 161 Å². The Morgan fingerprint density at radius 3 is 2.29 bits per heavy atom. The van der Waals surface area contributed by atoms with Crippen molar-refractivity contribution >= 4 is 35.9 Å². The molecular formula is C17H28IN3O3. The summed E-state index contributed by atoms with van der Waals surface area (Å²) in [6.45, 7) is 8.79. The Morgan fingerprint density at radius 2 is 1.79 bits per heavy atom. The smallest absolute Gasteiger partial charge is 0.325 e. The van der Waals surface area contributed by atoms with Gasteiger partial charge in [-0.15, -0.1) is 24.0 Å². The summed E-state index contributed by atoms with van der Waals surface area (Å²) < 4.78 is 10.4. The third kappa shape index (κ3) is 9.59. The number of nitrogens with one attached hydrogen (secondary N) is 2. The lowest BCUT2D eigenvalue weighted by molar-refractivity contribution is -0.153. The molecule has 1 aromatic rings. The van der Waals surface area contributed by atoms with Crippen LogP contribution in [-0.4, -0.2) is 37.7 Å². The number of aliphatic imine (C=N–C) groups is 1. The van der Waals surface area contributed by atoms with E-state index in [4.69, 9.17) is 9.47 Å². The number of methoxy groups -OCH3 is 1. The third-order valence-electron chi connectivity index (χ3n) is 2.74. The van der Waals surface area contributed by atoms with Crippen molar-refractivity contribution in [3.8, 4) is 5.75 Å². The first-order valence-corrected chi connectivity index (χ1v) is 7.71. The Hall–Kier alpha value is -1.51. The van der Waals surface area contributed by atoms with E-state index in [1.165, 1.54) is 0 Å². The highest BCUT2D eigenvalue weighted by Gasteiger charge is 2.16. The molecule has 2 N–H and O–H groups in total. The number of guanidine groups is 1. The second kappa shape index (κ2) is 11.1. The number of carbonyl (C=O) groups is 1. The number of hydrogen-bond acceptors (Lipinski definition) is 4. The highest BCUT2D eigenvalue weighted by Crippen LogP contribution is 2.11. The SMILES string of the molecule is CCNC(=NCc1ccc(OC)cc1)NCC(=O)OC(C)(C)C.I. The van der Waals surface area contributed by atoms with E-state index >= 15 is 0 Å². The molecule has 0 bridgehead atoms. The van der Waals surface area contributed by atoms with Crippen LogP contribution in [0.15, 0.2) is 29.3 Å². The van der Waals surface area contributed by atoms with Gasteiger partial charge in [-0.25, -0.2) is 4.99 Å². The summed E-state index contributed by atoms with van der Waals surface area (Å²) >= 11 is 0. The average Bonchev–Trinajstić information content (AvgIpc) is 2.49. The van der Waals surface area contributed by atoms with Gasteiger partial charge >= 0.3 is 5.97 Å². The van der Waals surface area contributed by atoms with Crippen molar-refractivity contribution in [2.24, 2.45) is 4.99 Å². The molecule has 0 aliphatic rings. The molecule has 0 radical (unpaired) electrons. The Bertz CT molecular complexity index is 525. The maximum absolute atomic E-state index is 11.7. The number of nitrogens with zero attached hydrogens (tertiary/aromatic N) is 1. The minimum Gasteiger partial charge on any atom is -0.497 e. The molecule has 136 valence electrons. The minimum absolute atomic E-state index is 0. The Morgan fingerprint density at radius 1 is 1.17 bits per heavy atom. The van der Waals surface area contributed by atoms with Gasteiger partial charge in [0.25, 0.3) is 0 Å². The van der Waals surface area contributed by atoms with Gasteiger partial charge in [0.05, 0.1) is 13.7 Å². The van der Waals surface area contributed by atoms with Gasteiger partial charge in [0.1, 0.15) is 17.9 Å². The van der Waals surface area contributed by atoms with Gasteiger partial charge in [0, 0.05) is 6.54 Å². The van der Waals surface area contributed by atoms with E-state index in [0.717, 1.165) is 11.3 Å². The molecule has 0 aliphatic carbocycles. The standard InChI is InChI=1S/C17H27N3O3.HI/c1-6-18-16(20-12-15(21)23-17(2,3)4)19-11-13-7-9-14(22-5)10-8-13;/h7-10H,6,11-12H2,1-5H3,(H2,18,19,20);1H. The highest BCUT2D eigenvalue weighted by atomic mass is 127. The van der Waals surface area contributed by atoms with E-state index in [1.54, 1.807) is 7.11 Å². The van der Waals surface area contributed by atoms with Crippen LogP contribution in [0.2, 0.25) is 0 Å². The molecule has 0 spiro atoms. The van der Waals surface area contributed by atoms with E-state index in [-0.39, 0.29) is 36.5 Å². The maximum Gasteiger partial charge on any atom is 0.325 e. The molecule has 0 atom stereocenters. The fourth-order valence-electron chi connectivity index (χ4n) is 1.78. The van der Waals surface area contributed by atoms with Crippen LogP contribution in [0, 0.1) is 0 Å². The van der Waals surface area contributed by atoms with Gasteiger partial charge in [-0.05, 0) is 45.4 Å². The van der Waals surface area contributed by atoms with Crippen LogP contribution in [-0.2, 0) is 16.1 Å². The molecule has 1 aromatic carbocycles. The van der Waals surface area contributed by atoms with Crippen molar-refractivity contribution < 1.29 is 14.3 Å². The van der Waals surface area contributed by atoms with E-state index < -0.39 is 5.60 Å². The second-order valence-electron chi connectivity index (χ2n) is 5.98. The van der Waals surface area contributed by atoms with Crippen molar-refractivity contribution in [1.29, 1.82) is 0 Å². The van der Waals surface area contributed by atoms with Crippen molar-refractivity contribution in [3.05, 3.63) is 29.8 Å². The van der Waals surface area contributed by atoms with E-state index in [1.807, 2.05) is 52.0 Å². The van der Waals surface area contributed by atoms with Crippen LogP contribution in [0.25, 0.3) is 0 Å². The van der Waals surface area contributed by atoms with E-state index in [9.17, 15) is 4.79 Å². The van der Waals surface area contributed by atoms with Crippen LogP contribution >= 0.6 is 24.0 Å². The number of esters is 1. The third-order valence-corrected chi connectivity index (χ3v) is 2.74. The predicted octanol–water partition coefficient (Wildman–Crippen LogP) is 2.71. The van der Waals surface area contributed by atoms with Crippen LogP contribution in [0.3, 0.4) is 0 Å². The van der Waals surface area contributed by atoms with Gasteiger partial charge in [0.2, 0.25) is 0 Å². The summed E-state index contributed by atoms with van der Waals surface area (Å²) in [7, 11) is 1.64. The zero-order valence-corrected chi connectivity index (χ0v) is 17.3. The average molecular weight is 449 g/mol. The number of carbonyl (C=O) groups excluding carboxylic acids is 1. The van der Waals surface area contributed by atoms with E-state index in [0.29, 0.717) is 19.0 Å². The van der Waals surface area contributed by atoms with Gasteiger partial charge in [-0.2, -0.15) is 0 Å². The number of halogens is 1. The summed E-state index contributed by atoms with van der Waals surface area (Å²) in [5.74, 6) is 1.08. The molecule has 0 saturated heterocycles. The second-order valence-corrected chi connectivity index (χ2v) is 5.98. The summed E-state index contributed by atoms with van der Waals surface area (Å²) in [6, 6.07) is 7.71. The lowest BCUT2D eigenvalue weighted by Crippen LogP contribution is -2.41. The molecule has 0 aliphatic heterocycles. The molecule has 6 nitrogen and oxygen atoms in total. The summed E-state index contributed by atoms with van der Waals surface area (Å²) in [6.07, 6.45) is 0. The molecule has 0 unspecified atom stereocenters. The molecule has 0 amide bonds. The molecule has 7 heteroatoms. The molecule has 0 heterocycles. The molecule has 1 rings (SSSR count). The van der Waals surface area contributed by atoms with Crippen LogP contribution < -0.4 is 15.4 Å². The Kier molecular flexibility index (Phi) is 10.4. The number of rotatable bonds is 6. The molecular weight excluding hydrogens is 421 g/mol. The quantitative estimate of drug-likeness (QED) is 0.303. The number of benzene rings is 1. The normalized spacial score (nSPS) is 11.3. The topological polar surface area (TPSA) is 72.0 Å². The van der Waals surface area contributed by atoms with Gasteiger partial charge in [0.15, 0.2) is 5.96 Å². The predicted molar refractivity (Wildman–Crippen MR) is 107 cm³/mol. The Balaban J connectivity index is 0.00000529. The fraction of sp³-hybridized carbons (Fsp3) is 0.529. The van der Waals surface area contributed by atoms with Gasteiger partial charge in [-0.1, -0.05) is 12.1 Å². The first-order valence-electron chi connectivity index (χ1n) is 7.71. The van der Waals surface area contributed by atoms with Crippen molar-refractivity contribution in [3.63, 3.8) is 0 Å². The van der Waals surface area contributed by atoms with Crippen LogP contribution in [0.1, 0.15) is 33.3 Å². The lowest BCUT2D eigenvalue weighted by atomic mass is 10.2. The van der Waals surface area contributed by atoms with Crippen molar-refractivity contribution in [1.82, 2.24) is 10.6 Å². The van der Waals surface area contributed by atoms with Crippen LogP contribution in [0.4, 0.5) is 0 Å². The zero-order chi connectivity index (χ0) is 17.3. The van der Waals surface area contributed by atoms with Gasteiger partial charge in [-0.3, -0.25) is 4.79 Å². The molecule has 0 saturated carbocycles. The minimum atomic E-state index is -0.489. The van der Waals surface area contributed by atoms with Crippen molar-refractivity contribution in [2.45, 2.75) is 39.8 Å². The first-order chi connectivity index (χ1) is 10.8. The summed E-state index contributed by atoms with van der Waals surface area (Å²) in [5, 5.41) is 6.08. The fourth-order valence-corrected chi connectivity index (χ4v) is 1.78. The molecule has 24 heavy (non-hydrogen) atoms. The molecule has 0 aromatic heterocycles. The van der Waals surface area contributed by atoms with Gasteiger partial charge < -0.3 is 20.1 Å². The van der Waals surface area contributed by atoms with Crippen molar-refractivity contribution in [2.75, 3.05) is 20.2 Å². The summed E-state index contributed by atoms with van der Waals surface area (Å²) in [4.78, 5) is 16.2. The maximum atomic E-state index is 11.7. The largest absolute Gasteiger partial charge is 0.497 e. The summed E-state index contributed by atoms with van der Waals surface area (Å²) in [5.41, 5.74) is 0.567. The van der Waals surface area contributed by atoms with Crippen LogP contribution in [0.5, 0.6) is 5.75 Å². The first kappa shape index (κ1) is 22.5. The van der Waals surface area contributed by atoms with E-state index in [2.05, 4.69) is 15.6 Å². The zero-order valence-electron chi connectivity index (χ0n) is 15.0. The number of ether oxygens (including phenoxy) is 2. The lowest BCUT2D eigenvalue weighted by Gasteiger charge is -2.20. The number of hydrogen-bond donors (Lipinski definition) is 2. The monoisotopic (exact) mass is 449 g/mol.